The SMILES string of the molecule is Cc1ccc(C#N)c2[nH]c(=O)ccc12. The Morgan fingerprint density at radius 3 is 2.79 bits per heavy atom. The van der Waals surface area contributed by atoms with Crippen molar-refractivity contribution < 1.29 is 0 Å². The number of benzene rings is 1. The lowest BCUT2D eigenvalue weighted by molar-refractivity contribution is 1.29. The Morgan fingerprint density at radius 2 is 2.07 bits per heavy atom. The highest BCUT2D eigenvalue weighted by Crippen LogP contribution is 2.17. The van der Waals surface area contributed by atoms with E-state index in [1.165, 1.54) is 6.07 Å². The molecule has 68 valence electrons. The Balaban J connectivity index is 3.01. The number of H-pyrrole nitrogens is 1. The van der Waals surface area contributed by atoms with Crippen molar-refractivity contribution in [2.45, 2.75) is 6.92 Å². The molecule has 3 heteroatoms. The fraction of sp³-hybridized carbons (Fsp3) is 0.0909. The fourth-order valence-corrected chi connectivity index (χ4v) is 1.49. The number of rotatable bonds is 0. The van der Waals surface area contributed by atoms with Crippen molar-refractivity contribution in [3.8, 4) is 6.07 Å². The summed E-state index contributed by atoms with van der Waals surface area (Å²) in [5.74, 6) is 0. The highest BCUT2D eigenvalue weighted by Gasteiger charge is 2.02. The van der Waals surface area contributed by atoms with Gasteiger partial charge in [-0.15, -0.1) is 0 Å². The van der Waals surface area contributed by atoms with Crippen molar-refractivity contribution in [3.05, 3.63) is 45.7 Å². The quantitative estimate of drug-likeness (QED) is 0.677. The van der Waals surface area contributed by atoms with Crippen molar-refractivity contribution in [2.24, 2.45) is 0 Å². The normalized spacial score (nSPS) is 10.0. The van der Waals surface area contributed by atoms with Crippen LogP contribution in [0.5, 0.6) is 0 Å². The van der Waals surface area contributed by atoms with Crippen LogP contribution < -0.4 is 5.56 Å². The minimum atomic E-state index is -0.181. The minimum Gasteiger partial charge on any atom is -0.321 e. The molecule has 0 radical (unpaired) electrons. The van der Waals surface area contributed by atoms with Crippen LogP contribution >= 0.6 is 0 Å². The van der Waals surface area contributed by atoms with E-state index in [9.17, 15) is 4.79 Å². The zero-order valence-electron chi connectivity index (χ0n) is 7.66. The molecule has 2 rings (SSSR count). The van der Waals surface area contributed by atoms with Gasteiger partial charge in [0.2, 0.25) is 5.56 Å². The first-order valence-corrected chi connectivity index (χ1v) is 4.25. The summed E-state index contributed by atoms with van der Waals surface area (Å²) in [4.78, 5) is 13.8. The van der Waals surface area contributed by atoms with Gasteiger partial charge >= 0.3 is 0 Å². The number of hydrogen-bond acceptors (Lipinski definition) is 2. The molecule has 0 amide bonds. The highest BCUT2D eigenvalue weighted by molar-refractivity contribution is 5.86. The maximum atomic E-state index is 11.1. The largest absolute Gasteiger partial charge is 0.321 e. The lowest BCUT2D eigenvalue weighted by Crippen LogP contribution is -2.04. The van der Waals surface area contributed by atoms with Crippen LogP contribution in [0, 0.1) is 18.3 Å². The number of aryl methyl sites for hydroxylation is 1. The average molecular weight is 184 g/mol. The van der Waals surface area contributed by atoms with Gasteiger partial charge in [-0.25, -0.2) is 0 Å². The molecule has 0 atom stereocenters. The van der Waals surface area contributed by atoms with Gasteiger partial charge in [-0.2, -0.15) is 5.26 Å². The summed E-state index contributed by atoms with van der Waals surface area (Å²) in [6.45, 7) is 1.95. The second-order valence-corrected chi connectivity index (χ2v) is 3.15. The predicted molar refractivity (Wildman–Crippen MR) is 54.0 cm³/mol. The second-order valence-electron chi connectivity index (χ2n) is 3.15. The molecule has 0 saturated heterocycles. The van der Waals surface area contributed by atoms with Gasteiger partial charge in [0.25, 0.3) is 0 Å². The Bertz CT molecular complexity index is 590. The van der Waals surface area contributed by atoms with Crippen molar-refractivity contribution >= 4 is 10.9 Å². The lowest BCUT2D eigenvalue weighted by Gasteiger charge is -2.02. The molecule has 0 saturated carbocycles. The van der Waals surface area contributed by atoms with E-state index in [-0.39, 0.29) is 5.56 Å². The molecule has 0 aliphatic carbocycles. The standard InChI is InChI=1S/C11H8N2O/c1-7-2-3-8(6-12)11-9(7)4-5-10(14)13-11/h2-5H,1H3,(H,13,14). The van der Waals surface area contributed by atoms with Gasteiger partial charge in [0.05, 0.1) is 11.1 Å². The number of nitrogens with one attached hydrogen (secondary N) is 1. The summed E-state index contributed by atoms with van der Waals surface area (Å²) in [5.41, 5.74) is 2.00. The molecule has 0 aliphatic rings. The van der Waals surface area contributed by atoms with Crippen LogP contribution in [0.3, 0.4) is 0 Å². The molecular weight excluding hydrogens is 176 g/mol. The number of nitrogens with zero attached hydrogens (tertiary/aromatic N) is 1. The Hall–Kier alpha value is -2.08. The molecule has 0 unspecified atom stereocenters. The van der Waals surface area contributed by atoms with E-state index < -0.39 is 0 Å². The molecule has 1 heterocycles. The summed E-state index contributed by atoms with van der Waals surface area (Å²) in [7, 11) is 0. The molecule has 14 heavy (non-hydrogen) atoms. The topological polar surface area (TPSA) is 56.6 Å². The Labute approximate surface area is 80.6 Å². The van der Waals surface area contributed by atoms with Crippen molar-refractivity contribution in [2.75, 3.05) is 0 Å². The van der Waals surface area contributed by atoms with Gasteiger partial charge in [0, 0.05) is 11.5 Å². The van der Waals surface area contributed by atoms with Crippen LogP contribution in [-0.2, 0) is 0 Å². The number of fused-ring (bicyclic) bond motifs is 1. The summed E-state index contributed by atoms with van der Waals surface area (Å²) >= 11 is 0. The van der Waals surface area contributed by atoms with Gasteiger partial charge in [-0.3, -0.25) is 4.79 Å². The summed E-state index contributed by atoms with van der Waals surface area (Å²) < 4.78 is 0. The van der Waals surface area contributed by atoms with Crippen LogP contribution in [-0.4, -0.2) is 4.98 Å². The zero-order valence-corrected chi connectivity index (χ0v) is 7.66. The first-order chi connectivity index (χ1) is 6.72. The molecule has 3 nitrogen and oxygen atoms in total. The molecule has 0 aliphatic heterocycles. The van der Waals surface area contributed by atoms with E-state index in [0.717, 1.165) is 10.9 Å². The first kappa shape index (κ1) is 8.52. The third kappa shape index (κ3) is 1.17. The smallest absolute Gasteiger partial charge is 0.248 e. The maximum absolute atomic E-state index is 11.1. The fourth-order valence-electron chi connectivity index (χ4n) is 1.49. The van der Waals surface area contributed by atoms with Crippen LogP contribution in [0.4, 0.5) is 0 Å². The third-order valence-electron chi connectivity index (χ3n) is 2.23. The molecule has 1 N–H and O–H groups in total. The Kier molecular flexibility index (Phi) is 1.83. The van der Waals surface area contributed by atoms with Gasteiger partial charge in [-0.05, 0) is 24.6 Å². The minimum absolute atomic E-state index is 0.181. The Morgan fingerprint density at radius 1 is 1.29 bits per heavy atom. The number of pyridine rings is 1. The zero-order chi connectivity index (χ0) is 10.1. The average Bonchev–Trinajstić information content (AvgIpc) is 2.18. The predicted octanol–water partition coefficient (Wildman–Crippen LogP) is 1.71. The van der Waals surface area contributed by atoms with E-state index >= 15 is 0 Å². The number of nitriles is 1. The number of aromatic amines is 1. The molecule has 0 fully saturated rings. The van der Waals surface area contributed by atoms with Gasteiger partial charge in [0.1, 0.15) is 6.07 Å². The van der Waals surface area contributed by atoms with E-state index in [0.29, 0.717) is 11.1 Å². The molecule has 1 aromatic carbocycles. The highest BCUT2D eigenvalue weighted by atomic mass is 16.1. The van der Waals surface area contributed by atoms with Gasteiger partial charge in [0.15, 0.2) is 0 Å². The van der Waals surface area contributed by atoms with Gasteiger partial charge in [-0.1, -0.05) is 6.07 Å². The number of hydrogen-bond donors (Lipinski definition) is 1. The molecular formula is C11H8N2O. The van der Waals surface area contributed by atoms with E-state index in [2.05, 4.69) is 11.1 Å². The van der Waals surface area contributed by atoms with E-state index in [1.54, 1.807) is 12.1 Å². The lowest BCUT2D eigenvalue weighted by atomic mass is 10.1. The summed E-state index contributed by atoms with van der Waals surface area (Å²) in [6, 6.07) is 8.85. The second kappa shape index (κ2) is 3.00. The van der Waals surface area contributed by atoms with Crippen molar-refractivity contribution in [1.82, 2.24) is 4.98 Å². The van der Waals surface area contributed by atoms with Crippen LogP contribution in [0.15, 0.2) is 29.1 Å². The molecule has 0 spiro atoms. The van der Waals surface area contributed by atoms with Crippen LogP contribution in [0.1, 0.15) is 11.1 Å². The maximum Gasteiger partial charge on any atom is 0.248 e. The first-order valence-electron chi connectivity index (χ1n) is 4.25. The summed E-state index contributed by atoms with van der Waals surface area (Å²) in [5, 5.41) is 9.77. The third-order valence-corrected chi connectivity index (χ3v) is 2.23. The molecule has 2 aromatic rings. The van der Waals surface area contributed by atoms with Crippen molar-refractivity contribution in [3.63, 3.8) is 0 Å². The van der Waals surface area contributed by atoms with Gasteiger partial charge < -0.3 is 4.98 Å². The van der Waals surface area contributed by atoms with Crippen LogP contribution in [0.25, 0.3) is 10.9 Å². The van der Waals surface area contributed by atoms with E-state index in [1.807, 2.05) is 13.0 Å². The summed E-state index contributed by atoms with van der Waals surface area (Å²) in [6.07, 6.45) is 0. The van der Waals surface area contributed by atoms with Crippen LogP contribution in [0.2, 0.25) is 0 Å². The monoisotopic (exact) mass is 184 g/mol. The molecule has 0 bridgehead atoms. The number of aromatic nitrogens is 1. The van der Waals surface area contributed by atoms with E-state index in [4.69, 9.17) is 5.26 Å². The molecule has 1 aromatic heterocycles. The van der Waals surface area contributed by atoms with Crippen molar-refractivity contribution in [1.29, 1.82) is 5.26 Å².